The molecule has 0 radical (unpaired) electrons. The molecule has 4 atom stereocenters. The van der Waals surface area contributed by atoms with Gasteiger partial charge in [0.1, 0.15) is 12.2 Å². The van der Waals surface area contributed by atoms with E-state index in [4.69, 9.17) is 9.47 Å². The summed E-state index contributed by atoms with van der Waals surface area (Å²) in [5.74, 6) is 0.433. The fourth-order valence-corrected chi connectivity index (χ4v) is 4.55. The Hall–Kier alpha value is -2.81. The third kappa shape index (κ3) is 3.81. The number of amides is 1. The highest BCUT2D eigenvalue weighted by Gasteiger charge is 2.48. The van der Waals surface area contributed by atoms with Gasteiger partial charge >= 0.3 is 0 Å². The Morgan fingerprint density at radius 2 is 1.83 bits per heavy atom. The molecule has 8 heteroatoms. The molecule has 0 spiro atoms. The summed E-state index contributed by atoms with van der Waals surface area (Å²) < 4.78 is 12.0. The van der Waals surface area contributed by atoms with Crippen molar-refractivity contribution < 1.29 is 14.3 Å². The number of nitrogens with zero attached hydrogens (tertiary/aromatic N) is 2. The van der Waals surface area contributed by atoms with E-state index in [-0.39, 0.29) is 30.2 Å². The highest BCUT2D eigenvalue weighted by molar-refractivity contribution is 7.13. The van der Waals surface area contributed by atoms with Gasteiger partial charge in [0, 0.05) is 11.8 Å². The van der Waals surface area contributed by atoms with Crippen LogP contribution in [0.4, 0.5) is 5.95 Å². The van der Waals surface area contributed by atoms with Crippen LogP contribution in [0.2, 0.25) is 0 Å². The minimum Gasteiger partial charge on any atom is -0.371 e. The van der Waals surface area contributed by atoms with Crippen molar-refractivity contribution in [3.8, 4) is 10.6 Å². The molecule has 1 amide bonds. The second kappa shape index (κ2) is 8.14. The molecule has 2 aromatic heterocycles. The number of ether oxygens (including phenoxy) is 2. The lowest BCUT2D eigenvalue weighted by atomic mass is 10.1. The molecule has 2 N–H and O–H groups in total. The van der Waals surface area contributed by atoms with E-state index in [1.807, 2.05) is 54.8 Å². The molecule has 154 valence electrons. The van der Waals surface area contributed by atoms with Gasteiger partial charge in [-0.3, -0.25) is 4.79 Å². The maximum atomic E-state index is 12.6. The molecule has 2 fully saturated rings. The number of hydrogen-bond donors (Lipinski definition) is 2. The van der Waals surface area contributed by atoms with Gasteiger partial charge in [0.2, 0.25) is 5.95 Å². The molecular weight excluding hydrogens is 400 g/mol. The summed E-state index contributed by atoms with van der Waals surface area (Å²) in [7, 11) is 0. The van der Waals surface area contributed by atoms with E-state index in [9.17, 15) is 4.79 Å². The van der Waals surface area contributed by atoms with Crippen molar-refractivity contribution in [1.82, 2.24) is 15.3 Å². The normalized spacial score (nSPS) is 25.1. The Balaban J connectivity index is 1.23. The highest BCUT2D eigenvalue weighted by atomic mass is 32.1. The van der Waals surface area contributed by atoms with Crippen LogP contribution >= 0.6 is 11.3 Å². The van der Waals surface area contributed by atoms with Gasteiger partial charge in [-0.2, -0.15) is 0 Å². The number of fused-ring (bicyclic) bond motifs is 1. The third-order valence-corrected chi connectivity index (χ3v) is 6.32. The third-order valence-electron chi connectivity index (χ3n) is 5.43. The van der Waals surface area contributed by atoms with Crippen molar-refractivity contribution in [2.45, 2.75) is 31.2 Å². The predicted molar refractivity (Wildman–Crippen MR) is 115 cm³/mol. The highest BCUT2D eigenvalue weighted by Crippen LogP contribution is 2.29. The first-order valence-corrected chi connectivity index (χ1v) is 10.8. The first-order valence-electron chi connectivity index (χ1n) is 9.91. The van der Waals surface area contributed by atoms with Crippen LogP contribution < -0.4 is 10.6 Å². The SMILES string of the molecule is Cc1ccc(C(=O)NC2COC3C(Nc4nccc(-c5cccs5)n4)COC23)cc1. The molecule has 2 aliphatic rings. The van der Waals surface area contributed by atoms with E-state index in [0.717, 1.165) is 16.1 Å². The summed E-state index contributed by atoms with van der Waals surface area (Å²) in [6, 6.07) is 13.2. The van der Waals surface area contributed by atoms with Crippen molar-refractivity contribution >= 4 is 23.2 Å². The van der Waals surface area contributed by atoms with Crippen LogP contribution in [0.5, 0.6) is 0 Å². The van der Waals surface area contributed by atoms with Crippen LogP contribution in [0, 0.1) is 6.92 Å². The van der Waals surface area contributed by atoms with Crippen molar-refractivity contribution in [3.05, 3.63) is 65.2 Å². The lowest BCUT2D eigenvalue weighted by Crippen LogP contribution is -2.44. The number of aryl methyl sites for hydroxylation is 1. The van der Waals surface area contributed by atoms with Gasteiger partial charge in [-0.1, -0.05) is 23.8 Å². The van der Waals surface area contributed by atoms with Gasteiger partial charge < -0.3 is 20.1 Å². The van der Waals surface area contributed by atoms with Crippen molar-refractivity contribution in [2.24, 2.45) is 0 Å². The maximum Gasteiger partial charge on any atom is 0.251 e. The quantitative estimate of drug-likeness (QED) is 0.658. The Bertz CT molecular complexity index is 1030. The molecule has 5 rings (SSSR count). The number of hydrogen-bond acceptors (Lipinski definition) is 7. The molecule has 0 saturated carbocycles. The molecule has 0 bridgehead atoms. The van der Waals surface area contributed by atoms with Crippen LogP contribution in [0.25, 0.3) is 10.6 Å². The zero-order valence-corrected chi connectivity index (χ0v) is 17.3. The second-order valence-corrected chi connectivity index (χ2v) is 8.48. The second-order valence-electron chi connectivity index (χ2n) is 7.54. The predicted octanol–water partition coefficient (Wildman–Crippen LogP) is 2.89. The summed E-state index contributed by atoms with van der Waals surface area (Å²) in [4.78, 5) is 22.6. The molecule has 7 nitrogen and oxygen atoms in total. The summed E-state index contributed by atoms with van der Waals surface area (Å²) in [5.41, 5.74) is 2.64. The van der Waals surface area contributed by atoms with E-state index in [2.05, 4.69) is 20.6 Å². The van der Waals surface area contributed by atoms with Crippen molar-refractivity contribution in [1.29, 1.82) is 0 Å². The van der Waals surface area contributed by atoms with Gasteiger partial charge in [0.05, 0.1) is 35.9 Å². The number of rotatable bonds is 5. The molecular formula is C22H22N4O3S. The number of anilines is 1. The van der Waals surface area contributed by atoms with Crippen molar-refractivity contribution in [3.63, 3.8) is 0 Å². The monoisotopic (exact) mass is 422 g/mol. The van der Waals surface area contributed by atoms with E-state index in [0.29, 0.717) is 24.7 Å². The largest absolute Gasteiger partial charge is 0.371 e. The fraction of sp³-hybridized carbons (Fsp3) is 0.318. The minimum absolute atomic E-state index is 0.0742. The first kappa shape index (κ1) is 19.2. The molecule has 30 heavy (non-hydrogen) atoms. The van der Waals surface area contributed by atoms with E-state index in [1.165, 1.54) is 0 Å². The number of nitrogens with one attached hydrogen (secondary N) is 2. The average Bonchev–Trinajstić information content (AvgIpc) is 3.49. The van der Waals surface area contributed by atoms with Crippen LogP contribution in [0.3, 0.4) is 0 Å². The summed E-state index contributed by atoms with van der Waals surface area (Å²) in [6.07, 6.45) is 1.39. The lowest BCUT2D eigenvalue weighted by Gasteiger charge is -2.18. The Kier molecular flexibility index (Phi) is 5.20. The summed E-state index contributed by atoms with van der Waals surface area (Å²) in [5, 5.41) is 8.42. The van der Waals surface area contributed by atoms with Gasteiger partial charge in [-0.25, -0.2) is 9.97 Å². The number of thiophene rings is 1. The first-order chi connectivity index (χ1) is 14.7. The number of carbonyl (C=O) groups is 1. The molecule has 1 aromatic carbocycles. The molecule has 0 aliphatic carbocycles. The van der Waals surface area contributed by atoms with Gasteiger partial charge in [-0.15, -0.1) is 11.3 Å². The Morgan fingerprint density at radius 3 is 2.60 bits per heavy atom. The summed E-state index contributed by atoms with van der Waals surface area (Å²) in [6.45, 7) is 2.89. The smallest absolute Gasteiger partial charge is 0.251 e. The Labute approximate surface area is 178 Å². The molecule has 4 unspecified atom stereocenters. The van der Waals surface area contributed by atoms with Crippen LogP contribution in [-0.2, 0) is 9.47 Å². The maximum absolute atomic E-state index is 12.6. The zero-order chi connectivity index (χ0) is 20.5. The zero-order valence-electron chi connectivity index (χ0n) is 16.4. The van der Waals surface area contributed by atoms with E-state index >= 15 is 0 Å². The fourth-order valence-electron chi connectivity index (χ4n) is 3.86. The molecule has 4 heterocycles. The summed E-state index contributed by atoms with van der Waals surface area (Å²) >= 11 is 1.64. The topological polar surface area (TPSA) is 85.4 Å². The van der Waals surface area contributed by atoms with Gasteiger partial charge in [0.25, 0.3) is 5.91 Å². The average molecular weight is 423 g/mol. The van der Waals surface area contributed by atoms with Crippen molar-refractivity contribution in [2.75, 3.05) is 18.5 Å². The molecule has 3 aromatic rings. The van der Waals surface area contributed by atoms with Crippen LogP contribution in [0.1, 0.15) is 15.9 Å². The van der Waals surface area contributed by atoms with Gasteiger partial charge in [-0.05, 0) is 36.6 Å². The molecule has 2 saturated heterocycles. The molecule has 2 aliphatic heterocycles. The van der Waals surface area contributed by atoms with Crippen LogP contribution in [-0.4, -0.2) is 53.4 Å². The number of aromatic nitrogens is 2. The number of benzene rings is 1. The standard InChI is InChI=1S/C22H22N4O3S/c1-13-4-6-14(7-5-13)21(27)24-16-11-28-20-17(12-29-19(16)20)26-22-23-9-8-15(25-22)18-3-2-10-30-18/h2-10,16-17,19-20H,11-12H2,1H3,(H,24,27)(H,23,25,26). The Morgan fingerprint density at radius 1 is 1.07 bits per heavy atom. The van der Waals surface area contributed by atoms with E-state index in [1.54, 1.807) is 17.5 Å². The lowest BCUT2D eigenvalue weighted by molar-refractivity contribution is 0.0652. The van der Waals surface area contributed by atoms with Gasteiger partial charge in [0.15, 0.2) is 0 Å². The van der Waals surface area contributed by atoms with Crippen LogP contribution in [0.15, 0.2) is 54.0 Å². The minimum atomic E-state index is -0.197. The number of carbonyl (C=O) groups excluding carboxylic acids is 1. The van der Waals surface area contributed by atoms with E-state index < -0.39 is 0 Å².